The van der Waals surface area contributed by atoms with Gasteiger partial charge >= 0.3 is 5.97 Å². The summed E-state index contributed by atoms with van der Waals surface area (Å²) in [6.45, 7) is 3.12. The molecule has 98 valence electrons. The summed E-state index contributed by atoms with van der Waals surface area (Å²) < 4.78 is 5.08. The number of nitrogens with zero attached hydrogens (tertiary/aromatic N) is 1. The summed E-state index contributed by atoms with van der Waals surface area (Å²) in [7, 11) is 1.54. The molecule has 0 aliphatic carbocycles. The number of carboxylic acid groups (broad SMARTS) is 1. The Kier molecular flexibility index (Phi) is 4.71. The summed E-state index contributed by atoms with van der Waals surface area (Å²) in [5.74, 6) is -1.12. The van der Waals surface area contributed by atoms with Gasteiger partial charge in [0.2, 0.25) is 5.91 Å². The highest BCUT2D eigenvalue weighted by Gasteiger charge is 2.19. The zero-order chi connectivity index (χ0) is 13.7. The number of aliphatic carboxylic acids is 1. The van der Waals surface area contributed by atoms with Crippen molar-refractivity contribution < 1.29 is 19.4 Å². The monoisotopic (exact) mass is 251 g/mol. The van der Waals surface area contributed by atoms with E-state index in [-0.39, 0.29) is 12.5 Å². The molecule has 0 aliphatic heterocycles. The van der Waals surface area contributed by atoms with E-state index in [1.807, 2.05) is 0 Å². The number of amides is 1. The molecule has 1 N–H and O–H groups in total. The fourth-order valence-corrected chi connectivity index (χ4v) is 1.55. The van der Waals surface area contributed by atoms with Gasteiger partial charge in [0.15, 0.2) is 0 Å². The lowest BCUT2D eigenvalue weighted by Crippen LogP contribution is -2.35. The van der Waals surface area contributed by atoms with Gasteiger partial charge in [-0.3, -0.25) is 9.59 Å². The van der Waals surface area contributed by atoms with Crippen LogP contribution in [0.15, 0.2) is 24.3 Å². The highest BCUT2D eigenvalue weighted by Crippen LogP contribution is 2.22. The average Bonchev–Trinajstić information content (AvgIpc) is 2.35. The summed E-state index contributed by atoms with van der Waals surface area (Å²) in [5, 5.41) is 8.90. The van der Waals surface area contributed by atoms with Crippen molar-refractivity contribution in [2.75, 3.05) is 18.6 Å². The van der Waals surface area contributed by atoms with Gasteiger partial charge in [-0.25, -0.2) is 0 Å². The van der Waals surface area contributed by atoms with Crippen LogP contribution in [0.25, 0.3) is 0 Å². The largest absolute Gasteiger partial charge is 0.497 e. The van der Waals surface area contributed by atoms with Gasteiger partial charge in [-0.1, -0.05) is 13.0 Å². The molecule has 0 spiro atoms. The van der Waals surface area contributed by atoms with E-state index in [1.165, 1.54) is 18.9 Å². The normalized spacial score (nSPS) is 11.7. The Labute approximate surface area is 106 Å². The smallest absolute Gasteiger partial charge is 0.308 e. The number of benzene rings is 1. The van der Waals surface area contributed by atoms with E-state index in [9.17, 15) is 9.59 Å². The Hall–Kier alpha value is -2.04. The van der Waals surface area contributed by atoms with Gasteiger partial charge in [0.1, 0.15) is 5.75 Å². The van der Waals surface area contributed by atoms with Gasteiger partial charge in [0, 0.05) is 25.2 Å². The van der Waals surface area contributed by atoms with Crippen LogP contribution in [0.4, 0.5) is 5.69 Å². The molecule has 0 aromatic heterocycles. The Morgan fingerprint density at radius 1 is 1.44 bits per heavy atom. The molecule has 0 fully saturated rings. The van der Waals surface area contributed by atoms with Crippen LogP contribution in [0.1, 0.15) is 13.8 Å². The third kappa shape index (κ3) is 3.48. The fraction of sp³-hybridized carbons (Fsp3) is 0.385. The van der Waals surface area contributed by atoms with E-state index in [1.54, 1.807) is 31.2 Å². The van der Waals surface area contributed by atoms with Gasteiger partial charge < -0.3 is 14.7 Å². The van der Waals surface area contributed by atoms with E-state index >= 15 is 0 Å². The Morgan fingerprint density at radius 2 is 2.11 bits per heavy atom. The van der Waals surface area contributed by atoms with E-state index < -0.39 is 11.9 Å². The van der Waals surface area contributed by atoms with Crippen molar-refractivity contribution >= 4 is 17.6 Å². The third-order valence-electron chi connectivity index (χ3n) is 2.62. The van der Waals surface area contributed by atoms with E-state index in [0.29, 0.717) is 11.4 Å². The van der Waals surface area contributed by atoms with Crippen LogP contribution in [-0.2, 0) is 9.59 Å². The van der Waals surface area contributed by atoms with Crippen molar-refractivity contribution in [3.63, 3.8) is 0 Å². The standard InChI is InChI=1S/C13H17NO4/c1-9(13(16)17)8-14(10(2)15)11-5-4-6-12(7-11)18-3/h4-7,9H,8H2,1-3H3,(H,16,17). The molecule has 1 atom stereocenters. The Morgan fingerprint density at radius 3 is 2.61 bits per heavy atom. The lowest BCUT2D eigenvalue weighted by atomic mass is 10.1. The maximum atomic E-state index is 11.6. The number of ether oxygens (including phenoxy) is 1. The minimum absolute atomic E-state index is 0.137. The summed E-state index contributed by atoms with van der Waals surface area (Å²) in [5.41, 5.74) is 0.634. The molecule has 5 nitrogen and oxygen atoms in total. The van der Waals surface area contributed by atoms with Crippen LogP contribution < -0.4 is 9.64 Å². The molecule has 1 aromatic rings. The maximum Gasteiger partial charge on any atom is 0.308 e. The number of methoxy groups -OCH3 is 1. The van der Waals surface area contributed by atoms with Crippen molar-refractivity contribution in [2.45, 2.75) is 13.8 Å². The lowest BCUT2D eigenvalue weighted by molar-refractivity contribution is -0.140. The van der Waals surface area contributed by atoms with Crippen LogP contribution in [0.5, 0.6) is 5.75 Å². The van der Waals surface area contributed by atoms with Gasteiger partial charge in [-0.2, -0.15) is 0 Å². The van der Waals surface area contributed by atoms with Crippen LogP contribution in [0, 0.1) is 5.92 Å². The quantitative estimate of drug-likeness (QED) is 0.866. The first-order valence-corrected chi connectivity index (χ1v) is 5.60. The van der Waals surface area contributed by atoms with Crippen molar-refractivity contribution in [3.05, 3.63) is 24.3 Å². The molecule has 0 bridgehead atoms. The number of carbonyl (C=O) groups excluding carboxylic acids is 1. The average molecular weight is 251 g/mol. The second-order valence-corrected chi connectivity index (χ2v) is 4.07. The molecule has 1 aromatic carbocycles. The molecule has 0 heterocycles. The van der Waals surface area contributed by atoms with Gasteiger partial charge in [0.05, 0.1) is 13.0 Å². The first-order valence-electron chi connectivity index (χ1n) is 5.60. The highest BCUT2D eigenvalue weighted by atomic mass is 16.5. The Balaban J connectivity index is 2.97. The number of hydrogen-bond donors (Lipinski definition) is 1. The van der Waals surface area contributed by atoms with E-state index in [2.05, 4.69) is 0 Å². The first-order chi connectivity index (χ1) is 8.45. The number of anilines is 1. The minimum atomic E-state index is -0.927. The second-order valence-electron chi connectivity index (χ2n) is 4.07. The molecule has 18 heavy (non-hydrogen) atoms. The molecule has 1 unspecified atom stereocenters. The van der Waals surface area contributed by atoms with Crippen LogP contribution in [-0.4, -0.2) is 30.6 Å². The van der Waals surface area contributed by atoms with Crippen LogP contribution >= 0.6 is 0 Å². The summed E-state index contributed by atoms with van der Waals surface area (Å²) in [4.78, 5) is 23.9. The first kappa shape index (κ1) is 14.0. The van der Waals surface area contributed by atoms with Crippen LogP contribution in [0.2, 0.25) is 0 Å². The van der Waals surface area contributed by atoms with Crippen LogP contribution in [0.3, 0.4) is 0 Å². The predicted octanol–water partition coefficient (Wildman–Crippen LogP) is 1.77. The van der Waals surface area contributed by atoms with Crippen molar-refractivity contribution in [1.29, 1.82) is 0 Å². The molecule has 1 amide bonds. The second kappa shape index (κ2) is 6.05. The number of carbonyl (C=O) groups is 2. The SMILES string of the molecule is COc1cccc(N(CC(C)C(=O)O)C(C)=O)c1. The molecule has 0 radical (unpaired) electrons. The number of carboxylic acids is 1. The topological polar surface area (TPSA) is 66.8 Å². The fourth-order valence-electron chi connectivity index (χ4n) is 1.55. The van der Waals surface area contributed by atoms with Crippen molar-refractivity contribution in [1.82, 2.24) is 0 Å². The number of rotatable bonds is 5. The molecular formula is C13H17NO4. The molecule has 0 aliphatic rings. The zero-order valence-electron chi connectivity index (χ0n) is 10.7. The number of hydrogen-bond acceptors (Lipinski definition) is 3. The Bertz CT molecular complexity index is 444. The van der Waals surface area contributed by atoms with Gasteiger partial charge in [-0.05, 0) is 12.1 Å². The molecule has 0 saturated heterocycles. The van der Waals surface area contributed by atoms with Crippen molar-refractivity contribution in [3.8, 4) is 5.75 Å². The molecule has 5 heteroatoms. The summed E-state index contributed by atoms with van der Waals surface area (Å²) in [6.07, 6.45) is 0. The van der Waals surface area contributed by atoms with Gasteiger partial charge in [0.25, 0.3) is 0 Å². The van der Waals surface area contributed by atoms with Gasteiger partial charge in [-0.15, -0.1) is 0 Å². The molecular weight excluding hydrogens is 234 g/mol. The lowest BCUT2D eigenvalue weighted by Gasteiger charge is -2.23. The molecule has 0 saturated carbocycles. The van der Waals surface area contributed by atoms with E-state index in [0.717, 1.165) is 0 Å². The minimum Gasteiger partial charge on any atom is -0.497 e. The van der Waals surface area contributed by atoms with E-state index in [4.69, 9.17) is 9.84 Å². The summed E-state index contributed by atoms with van der Waals surface area (Å²) >= 11 is 0. The summed E-state index contributed by atoms with van der Waals surface area (Å²) in [6, 6.07) is 6.98. The molecule has 1 rings (SSSR count). The van der Waals surface area contributed by atoms with Crippen molar-refractivity contribution in [2.24, 2.45) is 5.92 Å². The highest BCUT2D eigenvalue weighted by molar-refractivity contribution is 5.92. The predicted molar refractivity (Wildman–Crippen MR) is 67.8 cm³/mol. The zero-order valence-corrected chi connectivity index (χ0v) is 10.7. The maximum absolute atomic E-state index is 11.6. The third-order valence-corrected chi connectivity index (χ3v) is 2.62.